The zero-order valence-corrected chi connectivity index (χ0v) is 14.3. The van der Waals surface area contributed by atoms with Gasteiger partial charge in [-0.3, -0.25) is 0 Å². The predicted octanol–water partition coefficient (Wildman–Crippen LogP) is 2.77. The lowest BCUT2D eigenvalue weighted by atomic mass is 10.0. The number of aromatic nitrogens is 3. The molecule has 8 heteroatoms. The predicted molar refractivity (Wildman–Crippen MR) is 90.6 cm³/mol. The molecule has 2 aliphatic rings. The number of nitrogen functional groups attached to an aromatic ring is 1. The van der Waals surface area contributed by atoms with Crippen molar-refractivity contribution in [2.75, 3.05) is 5.73 Å². The topological polar surface area (TPSA) is 94.2 Å². The van der Waals surface area contributed by atoms with Crippen LogP contribution in [0.5, 0.6) is 5.75 Å². The molecule has 0 saturated heterocycles. The van der Waals surface area contributed by atoms with Gasteiger partial charge in [0.15, 0.2) is 11.6 Å². The van der Waals surface area contributed by atoms with Crippen molar-refractivity contribution >= 4 is 5.82 Å². The van der Waals surface area contributed by atoms with Gasteiger partial charge in [-0.1, -0.05) is 6.92 Å². The van der Waals surface area contributed by atoms with E-state index >= 15 is 0 Å². The number of nitrogens with zero attached hydrogens (tertiary/aromatic N) is 3. The number of aryl methyl sites for hydroxylation is 1. The van der Waals surface area contributed by atoms with Crippen molar-refractivity contribution in [3.8, 4) is 17.0 Å². The molecule has 0 amide bonds. The molecule has 2 saturated carbocycles. The number of anilines is 1. The van der Waals surface area contributed by atoms with Gasteiger partial charge in [0.25, 0.3) is 0 Å². The molecule has 0 aromatic carbocycles. The minimum Gasteiger partial charge on any atom is -0.431 e. The summed E-state index contributed by atoms with van der Waals surface area (Å²) >= 11 is 0. The number of alkyl halides is 2. The lowest BCUT2D eigenvalue weighted by Gasteiger charge is -2.12. The molecule has 2 aromatic rings. The minimum atomic E-state index is -2.97. The average molecular weight is 362 g/mol. The van der Waals surface area contributed by atoms with Crippen LogP contribution in [0, 0.1) is 11.8 Å². The monoisotopic (exact) mass is 362 g/mol. The Morgan fingerprint density at radius 3 is 2.65 bits per heavy atom. The third-order valence-electron chi connectivity index (χ3n) is 5.26. The number of halogens is 2. The third kappa shape index (κ3) is 3.09. The number of rotatable bonds is 5. The maximum Gasteiger partial charge on any atom is 0.387 e. The Morgan fingerprint density at radius 2 is 2.00 bits per heavy atom. The first kappa shape index (κ1) is 17.1. The highest BCUT2D eigenvalue weighted by Crippen LogP contribution is 2.62. The second-order valence-corrected chi connectivity index (χ2v) is 6.91. The van der Waals surface area contributed by atoms with Crippen molar-refractivity contribution in [1.29, 1.82) is 0 Å². The average Bonchev–Trinajstić information content (AvgIpc) is 3.12. The van der Waals surface area contributed by atoms with Gasteiger partial charge in [0.1, 0.15) is 5.82 Å². The molecule has 2 aliphatic carbocycles. The Bertz CT molecular complexity index is 821. The van der Waals surface area contributed by atoms with E-state index in [1.54, 1.807) is 0 Å². The lowest BCUT2D eigenvalue weighted by molar-refractivity contribution is -0.0494. The lowest BCUT2D eigenvalue weighted by Crippen LogP contribution is -2.08. The highest BCUT2D eigenvalue weighted by atomic mass is 19.3. The first-order valence-electron chi connectivity index (χ1n) is 8.73. The summed E-state index contributed by atoms with van der Waals surface area (Å²) in [6.07, 6.45) is 3.58. The summed E-state index contributed by atoms with van der Waals surface area (Å²) in [5, 5.41) is 9.73. The molecule has 0 bridgehead atoms. The third-order valence-corrected chi connectivity index (χ3v) is 5.26. The molecule has 26 heavy (non-hydrogen) atoms. The van der Waals surface area contributed by atoms with Crippen LogP contribution < -0.4 is 10.5 Å². The largest absolute Gasteiger partial charge is 0.431 e. The summed E-state index contributed by atoms with van der Waals surface area (Å²) in [6.45, 7) is -1.01. The summed E-state index contributed by atoms with van der Waals surface area (Å²) in [4.78, 5) is 13.1. The zero-order valence-electron chi connectivity index (χ0n) is 14.3. The van der Waals surface area contributed by atoms with Crippen LogP contribution in [0.4, 0.5) is 14.6 Å². The van der Waals surface area contributed by atoms with Crippen LogP contribution in [0.15, 0.2) is 18.3 Å². The van der Waals surface area contributed by atoms with Crippen LogP contribution in [0.3, 0.4) is 0 Å². The highest BCUT2D eigenvalue weighted by molar-refractivity contribution is 5.64. The molecular formula is C18H20F2N4O2. The first-order chi connectivity index (χ1) is 12.5. The van der Waals surface area contributed by atoms with Gasteiger partial charge in [0.05, 0.1) is 11.8 Å². The van der Waals surface area contributed by atoms with E-state index in [2.05, 4.69) is 19.7 Å². The normalized spacial score (nSPS) is 26.8. The molecule has 138 valence electrons. The van der Waals surface area contributed by atoms with Gasteiger partial charge >= 0.3 is 6.61 Å². The smallest absolute Gasteiger partial charge is 0.387 e. The number of hydrogen-bond donors (Lipinski definition) is 2. The molecule has 2 aromatic heterocycles. The quantitative estimate of drug-likeness (QED) is 0.849. The molecule has 4 atom stereocenters. The number of aliphatic hydroxyl groups excluding tert-OH is 1. The van der Waals surface area contributed by atoms with E-state index in [0.717, 1.165) is 18.5 Å². The molecular weight excluding hydrogens is 342 g/mol. The molecule has 0 aliphatic heterocycles. The number of pyridine rings is 1. The van der Waals surface area contributed by atoms with E-state index < -0.39 is 6.61 Å². The van der Waals surface area contributed by atoms with E-state index in [4.69, 9.17) is 5.73 Å². The zero-order chi connectivity index (χ0) is 18.4. The minimum absolute atomic E-state index is 0.0928. The van der Waals surface area contributed by atoms with Crippen molar-refractivity contribution < 1.29 is 18.6 Å². The molecule has 4 rings (SSSR count). The van der Waals surface area contributed by atoms with E-state index in [-0.39, 0.29) is 17.7 Å². The Kier molecular flexibility index (Phi) is 4.22. The van der Waals surface area contributed by atoms with Crippen molar-refractivity contribution in [1.82, 2.24) is 15.0 Å². The highest BCUT2D eigenvalue weighted by Gasteiger charge is 2.57. The molecule has 1 unspecified atom stereocenters. The summed E-state index contributed by atoms with van der Waals surface area (Å²) in [5.74, 6) is 1.71. The molecule has 2 fully saturated rings. The van der Waals surface area contributed by atoms with Crippen LogP contribution in [0.25, 0.3) is 11.3 Å². The van der Waals surface area contributed by atoms with E-state index in [0.29, 0.717) is 41.3 Å². The SMILES string of the molecule is CCc1nc(-c2cnc(N)c(OC(F)F)c2)cc([C@@H]2[C@@H]3CC(O)C[C@@H]32)n1. The van der Waals surface area contributed by atoms with Crippen LogP contribution in [0.1, 0.15) is 37.2 Å². The van der Waals surface area contributed by atoms with Gasteiger partial charge < -0.3 is 15.6 Å². The van der Waals surface area contributed by atoms with Gasteiger partial charge in [-0.25, -0.2) is 15.0 Å². The number of aliphatic hydroxyl groups is 1. The fourth-order valence-electron chi connectivity index (χ4n) is 4.03. The molecule has 6 nitrogen and oxygen atoms in total. The summed E-state index contributed by atoms with van der Waals surface area (Å²) < 4.78 is 29.5. The number of nitrogens with two attached hydrogens (primary N) is 1. The van der Waals surface area contributed by atoms with Crippen molar-refractivity contribution in [2.45, 2.75) is 44.8 Å². The van der Waals surface area contributed by atoms with Crippen molar-refractivity contribution in [2.24, 2.45) is 11.8 Å². The first-order valence-corrected chi connectivity index (χ1v) is 8.73. The molecule has 0 radical (unpaired) electrons. The second kappa shape index (κ2) is 6.42. The van der Waals surface area contributed by atoms with E-state index in [1.807, 2.05) is 13.0 Å². The van der Waals surface area contributed by atoms with Crippen LogP contribution >= 0.6 is 0 Å². The van der Waals surface area contributed by atoms with E-state index in [9.17, 15) is 13.9 Å². The number of hydrogen-bond acceptors (Lipinski definition) is 6. The summed E-state index contributed by atoms with van der Waals surface area (Å²) in [7, 11) is 0. The standard InChI is InChI=1S/C18H20F2N4O2/c1-2-15-23-12(8-3-14(26-18(19)20)17(21)22-7-8)6-13(24-15)16-10-4-9(25)5-11(10)16/h3,6-7,9-11,16,18,25H,2,4-5H2,1H3,(H2,21,22)/t9?,10-,11+,16-. The van der Waals surface area contributed by atoms with Crippen LogP contribution in [0.2, 0.25) is 0 Å². The fourth-order valence-corrected chi connectivity index (χ4v) is 4.03. The Hall–Kier alpha value is -2.35. The Balaban J connectivity index is 1.68. The number of ether oxygens (including phenoxy) is 1. The van der Waals surface area contributed by atoms with Crippen molar-refractivity contribution in [3.63, 3.8) is 0 Å². The maximum atomic E-state index is 12.5. The Morgan fingerprint density at radius 1 is 1.27 bits per heavy atom. The van der Waals surface area contributed by atoms with Crippen LogP contribution in [-0.2, 0) is 6.42 Å². The van der Waals surface area contributed by atoms with Gasteiger partial charge in [-0.15, -0.1) is 0 Å². The van der Waals surface area contributed by atoms with Crippen molar-refractivity contribution in [3.05, 3.63) is 29.8 Å². The summed E-state index contributed by atoms with van der Waals surface area (Å²) in [6, 6.07) is 3.31. The van der Waals surface area contributed by atoms with Gasteiger partial charge in [0.2, 0.25) is 0 Å². The van der Waals surface area contributed by atoms with Crippen LogP contribution in [-0.4, -0.2) is 32.8 Å². The molecule has 3 N–H and O–H groups in total. The maximum absolute atomic E-state index is 12.5. The van der Waals surface area contributed by atoms with Gasteiger partial charge in [-0.2, -0.15) is 8.78 Å². The molecule has 2 heterocycles. The Labute approximate surface area is 149 Å². The second-order valence-electron chi connectivity index (χ2n) is 6.91. The van der Waals surface area contributed by atoms with Gasteiger partial charge in [-0.05, 0) is 36.8 Å². The molecule has 0 spiro atoms. The van der Waals surface area contributed by atoms with E-state index in [1.165, 1.54) is 12.3 Å². The summed E-state index contributed by atoms with van der Waals surface area (Å²) in [5.41, 5.74) is 7.72. The number of fused-ring (bicyclic) bond motifs is 1. The van der Waals surface area contributed by atoms with Gasteiger partial charge in [0, 0.05) is 29.8 Å². The fraction of sp³-hybridized carbons (Fsp3) is 0.500.